The van der Waals surface area contributed by atoms with Crippen molar-refractivity contribution < 1.29 is 14.3 Å². The van der Waals surface area contributed by atoms with E-state index in [4.69, 9.17) is 0 Å². The topological polar surface area (TPSA) is 55.4 Å². The summed E-state index contributed by atoms with van der Waals surface area (Å²) in [7, 11) is 1.29. The van der Waals surface area contributed by atoms with Gasteiger partial charge in [-0.2, -0.15) is 0 Å². The van der Waals surface area contributed by atoms with E-state index in [2.05, 4.69) is 16.6 Å². The summed E-state index contributed by atoms with van der Waals surface area (Å²) in [6, 6.07) is -0.601. The number of hydrogen-bond donors (Lipinski definition) is 1. The van der Waals surface area contributed by atoms with Gasteiger partial charge in [0.15, 0.2) is 0 Å². The fraction of sp³-hybridized carbons (Fsp3) is 0.556. The van der Waals surface area contributed by atoms with Crippen LogP contribution < -0.4 is 5.32 Å². The third-order valence-corrected chi connectivity index (χ3v) is 1.60. The van der Waals surface area contributed by atoms with E-state index < -0.39 is 12.0 Å². The SMILES string of the molecule is C=CC(=O)NC(C(=O)OC)C(C)C. The van der Waals surface area contributed by atoms with Crippen molar-refractivity contribution in [2.45, 2.75) is 19.9 Å². The molecule has 0 spiro atoms. The summed E-state index contributed by atoms with van der Waals surface area (Å²) >= 11 is 0. The summed E-state index contributed by atoms with van der Waals surface area (Å²) in [6.07, 6.45) is 1.12. The van der Waals surface area contributed by atoms with E-state index in [1.165, 1.54) is 7.11 Å². The highest BCUT2D eigenvalue weighted by Crippen LogP contribution is 2.03. The van der Waals surface area contributed by atoms with E-state index in [0.29, 0.717) is 0 Å². The fourth-order valence-corrected chi connectivity index (χ4v) is 0.837. The number of hydrogen-bond acceptors (Lipinski definition) is 3. The van der Waals surface area contributed by atoms with Crippen LogP contribution in [0.4, 0.5) is 0 Å². The van der Waals surface area contributed by atoms with E-state index in [-0.39, 0.29) is 11.8 Å². The van der Waals surface area contributed by atoms with E-state index in [0.717, 1.165) is 6.08 Å². The van der Waals surface area contributed by atoms with Gasteiger partial charge in [0.05, 0.1) is 7.11 Å². The van der Waals surface area contributed by atoms with Crippen LogP contribution in [0.3, 0.4) is 0 Å². The van der Waals surface area contributed by atoms with Crippen LogP contribution in [0, 0.1) is 5.92 Å². The molecule has 0 heterocycles. The van der Waals surface area contributed by atoms with Gasteiger partial charge in [-0.05, 0) is 12.0 Å². The number of esters is 1. The van der Waals surface area contributed by atoms with Crippen LogP contribution in [-0.4, -0.2) is 25.0 Å². The molecule has 0 aromatic carbocycles. The standard InChI is InChI=1S/C9H15NO3/c1-5-7(11)10-8(6(2)3)9(12)13-4/h5-6,8H,1H2,2-4H3,(H,10,11). The number of methoxy groups -OCH3 is 1. The van der Waals surface area contributed by atoms with Crippen molar-refractivity contribution in [1.29, 1.82) is 0 Å². The Kier molecular flexibility index (Phi) is 4.80. The molecule has 0 saturated heterocycles. The van der Waals surface area contributed by atoms with Crippen molar-refractivity contribution >= 4 is 11.9 Å². The van der Waals surface area contributed by atoms with E-state index in [1.54, 1.807) is 0 Å². The monoisotopic (exact) mass is 185 g/mol. The second-order valence-electron chi connectivity index (χ2n) is 2.96. The molecule has 1 amide bonds. The Morgan fingerprint density at radius 2 is 2.00 bits per heavy atom. The quantitative estimate of drug-likeness (QED) is 0.512. The van der Waals surface area contributed by atoms with Gasteiger partial charge in [0.25, 0.3) is 0 Å². The molecule has 1 N–H and O–H groups in total. The van der Waals surface area contributed by atoms with Gasteiger partial charge in [0.2, 0.25) is 5.91 Å². The maximum absolute atomic E-state index is 11.1. The van der Waals surface area contributed by atoms with Crippen molar-refractivity contribution in [1.82, 2.24) is 5.32 Å². The summed E-state index contributed by atoms with van der Waals surface area (Å²) in [4.78, 5) is 22.0. The molecule has 0 aliphatic rings. The number of carbonyl (C=O) groups is 2. The second-order valence-corrected chi connectivity index (χ2v) is 2.96. The Morgan fingerprint density at radius 1 is 1.46 bits per heavy atom. The third-order valence-electron chi connectivity index (χ3n) is 1.60. The zero-order valence-electron chi connectivity index (χ0n) is 8.16. The minimum absolute atomic E-state index is 0.00338. The van der Waals surface area contributed by atoms with Crippen LogP contribution >= 0.6 is 0 Å². The highest BCUT2D eigenvalue weighted by atomic mass is 16.5. The first-order valence-corrected chi connectivity index (χ1v) is 4.03. The Labute approximate surface area is 78.0 Å². The molecule has 1 atom stereocenters. The van der Waals surface area contributed by atoms with Crippen LogP contribution in [0.1, 0.15) is 13.8 Å². The number of carbonyl (C=O) groups excluding carboxylic acids is 2. The average Bonchev–Trinajstić information content (AvgIpc) is 2.11. The summed E-state index contributed by atoms with van der Waals surface area (Å²) in [6.45, 7) is 6.94. The minimum Gasteiger partial charge on any atom is -0.467 e. The lowest BCUT2D eigenvalue weighted by molar-refractivity contribution is -0.145. The van der Waals surface area contributed by atoms with Crippen molar-refractivity contribution in [3.8, 4) is 0 Å². The van der Waals surface area contributed by atoms with Crippen molar-refractivity contribution in [3.63, 3.8) is 0 Å². The molecular formula is C9H15NO3. The molecule has 4 nitrogen and oxygen atoms in total. The maximum atomic E-state index is 11.1. The van der Waals surface area contributed by atoms with Crippen molar-refractivity contribution in [3.05, 3.63) is 12.7 Å². The molecule has 1 unspecified atom stereocenters. The molecule has 4 heteroatoms. The lowest BCUT2D eigenvalue weighted by Gasteiger charge is -2.18. The van der Waals surface area contributed by atoms with Crippen LogP contribution in [-0.2, 0) is 14.3 Å². The number of amides is 1. The minimum atomic E-state index is -0.601. The molecule has 0 aromatic heterocycles. The molecule has 0 aliphatic heterocycles. The molecule has 0 radical (unpaired) electrons. The fourth-order valence-electron chi connectivity index (χ4n) is 0.837. The highest BCUT2D eigenvalue weighted by Gasteiger charge is 2.23. The van der Waals surface area contributed by atoms with Gasteiger partial charge < -0.3 is 10.1 Å². The molecule has 74 valence electrons. The smallest absolute Gasteiger partial charge is 0.328 e. The van der Waals surface area contributed by atoms with Gasteiger partial charge in [0, 0.05) is 0 Å². The Morgan fingerprint density at radius 3 is 2.31 bits per heavy atom. The number of nitrogens with one attached hydrogen (secondary N) is 1. The van der Waals surface area contributed by atoms with Gasteiger partial charge in [-0.15, -0.1) is 0 Å². The van der Waals surface area contributed by atoms with Crippen LogP contribution in [0.2, 0.25) is 0 Å². The summed E-state index contributed by atoms with van der Waals surface area (Å²) in [5, 5.41) is 2.49. The first-order valence-electron chi connectivity index (χ1n) is 4.03. The molecule has 0 aliphatic carbocycles. The van der Waals surface area contributed by atoms with Crippen molar-refractivity contribution in [2.24, 2.45) is 5.92 Å². The summed E-state index contributed by atoms with van der Waals surface area (Å²) in [5.41, 5.74) is 0. The summed E-state index contributed by atoms with van der Waals surface area (Å²) in [5.74, 6) is -0.814. The lowest BCUT2D eigenvalue weighted by atomic mass is 10.0. The van der Waals surface area contributed by atoms with Gasteiger partial charge >= 0.3 is 5.97 Å². The van der Waals surface area contributed by atoms with E-state index in [1.807, 2.05) is 13.8 Å². The Balaban J connectivity index is 4.34. The maximum Gasteiger partial charge on any atom is 0.328 e. The molecule has 0 saturated carbocycles. The van der Waals surface area contributed by atoms with Gasteiger partial charge in [-0.3, -0.25) is 4.79 Å². The largest absolute Gasteiger partial charge is 0.467 e. The zero-order valence-corrected chi connectivity index (χ0v) is 8.16. The van der Waals surface area contributed by atoms with Crippen LogP contribution in [0.5, 0.6) is 0 Å². The van der Waals surface area contributed by atoms with Crippen LogP contribution in [0.25, 0.3) is 0 Å². The molecule has 13 heavy (non-hydrogen) atoms. The van der Waals surface area contributed by atoms with Gasteiger partial charge in [-0.1, -0.05) is 20.4 Å². The first-order chi connectivity index (χ1) is 6.02. The van der Waals surface area contributed by atoms with Crippen LogP contribution in [0.15, 0.2) is 12.7 Å². The summed E-state index contributed by atoms with van der Waals surface area (Å²) < 4.78 is 4.53. The molecule has 0 aromatic rings. The number of rotatable bonds is 4. The van der Waals surface area contributed by atoms with Gasteiger partial charge in [-0.25, -0.2) is 4.79 Å². The number of ether oxygens (including phenoxy) is 1. The van der Waals surface area contributed by atoms with E-state index >= 15 is 0 Å². The Bertz CT molecular complexity index is 211. The molecule has 0 rings (SSSR count). The third kappa shape index (κ3) is 3.73. The average molecular weight is 185 g/mol. The zero-order chi connectivity index (χ0) is 10.4. The van der Waals surface area contributed by atoms with Crippen molar-refractivity contribution in [2.75, 3.05) is 7.11 Å². The predicted molar refractivity (Wildman–Crippen MR) is 49.0 cm³/mol. The predicted octanol–water partition coefficient (Wildman–Crippen LogP) is 0.486. The molecule has 0 bridgehead atoms. The van der Waals surface area contributed by atoms with Gasteiger partial charge in [0.1, 0.15) is 6.04 Å². The molecular weight excluding hydrogens is 170 g/mol. The molecule has 0 fully saturated rings. The normalized spacial score (nSPS) is 12.0. The Hall–Kier alpha value is -1.32. The lowest BCUT2D eigenvalue weighted by Crippen LogP contribution is -2.44. The highest BCUT2D eigenvalue weighted by molar-refractivity contribution is 5.91. The van der Waals surface area contributed by atoms with E-state index in [9.17, 15) is 9.59 Å². The first kappa shape index (κ1) is 11.7. The second kappa shape index (κ2) is 5.35.